The van der Waals surface area contributed by atoms with Gasteiger partial charge in [0.05, 0.1) is 25.8 Å². The zero-order valence-electron chi connectivity index (χ0n) is 22.4. The van der Waals surface area contributed by atoms with Crippen molar-refractivity contribution in [2.24, 2.45) is 0 Å². The summed E-state index contributed by atoms with van der Waals surface area (Å²) < 4.78 is 17.2. The number of methoxy groups -OCH3 is 1. The molecule has 0 aliphatic carbocycles. The molecule has 2 heterocycles. The Bertz CT molecular complexity index is 1490. The molecule has 0 spiro atoms. The second-order valence-corrected chi connectivity index (χ2v) is 9.44. The van der Waals surface area contributed by atoms with Gasteiger partial charge in [-0.05, 0) is 99.1 Å². The summed E-state index contributed by atoms with van der Waals surface area (Å²) in [5.74, 6) is 2.41. The molecule has 3 aromatic carbocycles. The van der Waals surface area contributed by atoms with Gasteiger partial charge in [0.25, 0.3) is 0 Å². The maximum absolute atomic E-state index is 12.4. The second kappa shape index (κ2) is 12.8. The molecule has 1 aromatic heterocycles. The molecule has 0 bridgehead atoms. The number of amides is 2. The van der Waals surface area contributed by atoms with Crippen molar-refractivity contribution in [3.8, 4) is 23.0 Å². The largest absolute Gasteiger partial charge is 0.504 e. The molecule has 2 N–H and O–H groups in total. The third-order valence-corrected chi connectivity index (χ3v) is 6.67. The number of benzene rings is 3. The highest BCUT2D eigenvalue weighted by atomic mass is 16.5. The Morgan fingerprint density at radius 1 is 0.950 bits per heavy atom. The number of hydrogen-bond donors (Lipinski definition) is 2. The Kier molecular flexibility index (Phi) is 8.59. The molecule has 9 heteroatoms. The van der Waals surface area contributed by atoms with Gasteiger partial charge in [-0.15, -0.1) is 0 Å². The number of pyridine rings is 1. The van der Waals surface area contributed by atoms with E-state index in [1.54, 1.807) is 80.0 Å². The smallest absolute Gasteiger partial charge is 0.323 e. The molecule has 9 nitrogen and oxygen atoms in total. The number of nitrogens with one attached hydrogen (secondary N) is 2. The van der Waals surface area contributed by atoms with E-state index in [0.717, 1.165) is 31.4 Å². The number of aromatic nitrogens is 1. The van der Waals surface area contributed by atoms with E-state index < -0.39 is 0 Å². The van der Waals surface area contributed by atoms with Gasteiger partial charge in [-0.3, -0.25) is 4.98 Å². The lowest BCUT2D eigenvalue weighted by molar-refractivity contribution is 0.262. The Hall–Kier alpha value is -4.81. The van der Waals surface area contributed by atoms with Crippen LogP contribution in [0, 0.1) is 6.57 Å². The Morgan fingerprint density at radius 3 is 2.27 bits per heavy atom. The maximum Gasteiger partial charge on any atom is 0.323 e. The molecular formula is C31H31N5O4. The van der Waals surface area contributed by atoms with Crippen molar-refractivity contribution in [3.05, 3.63) is 84.3 Å². The van der Waals surface area contributed by atoms with E-state index in [1.165, 1.54) is 12.8 Å². The normalized spacial score (nSPS) is 13.0. The van der Waals surface area contributed by atoms with Gasteiger partial charge in [0, 0.05) is 29.5 Å². The lowest BCUT2D eigenvalue weighted by Gasteiger charge is -2.15. The lowest BCUT2D eigenvalue weighted by atomic mass is 10.1. The predicted octanol–water partition coefficient (Wildman–Crippen LogP) is 7.10. The van der Waals surface area contributed by atoms with Gasteiger partial charge in [-0.1, -0.05) is 0 Å². The molecule has 0 radical (unpaired) electrons. The van der Waals surface area contributed by atoms with Crippen LogP contribution in [0.4, 0.5) is 21.9 Å². The molecule has 1 aliphatic heterocycles. The fourth-order valence-electron chi connectivity index (χ4n) is 4.61. The van der Waals surface area contributed by atoms with E-state index in [2.05, 4.69) is 25.4 Å². The molecule has 0 atom stereocenters. The number of nitrogens with zero attached hydrogens (tertiary/aromatic N) is 3. The number of rotatable bonds is 10. The molecule has 1 saturated heterocycles. The number of anilines is 2. The number of likely N-dealkylation sites (tertiary alicyclic amines) is 1. The van der Waals surface area contributed by atoms with Crippen LogP contribution in [0.15, 0.2) is 72.9 Å². The molecule has 204 valence electrons. The SMILES string of the molecule is [C-]#[N+]c1cc2c(Oc3ccc(NC(=O)Nc4ccc(OC)cc4)cc3)ccnc2cc1OCCCN1CCCC1. The Balaban J connectivity index is 1.21. The summed E-state index contributed by atoms with van der Waals surface area (Å²) in [6, 6.07) is 19.1. The van der Waals surface area contributed by atoms with Gasteiger partial charge >= 0.3 is 6.03 Å². The van der Waals surface area contributed by atoms with Crippen LogP contribution in [-0.4, -0.2) is 49.3 Å². The van der Waals surface area contributed by atoms with Crippen LogP contribution in [0.1, 0.15) is 19.3 Å². The summed E-state index contributed by atoms with van der Waals surface area (Å²) in [6.07, 6.45) is 5.13. The molecule has 40 heavy (non-hydrogen) atoms. The highest BCUT2D eigenvalue weighted by Gasteiger charge is 2.14. The fraction of sp³-hybridized carbons (Fsp3) is 0.258. The summed E-state index contributed by atoms with van der Waals surface area (Å²) in [6.45, 7) is 11.6. The minimum absolute atomic E-state index is 0.361. The predicted molar refractivity (Wildman–Crippen MR) is 156 cm³/mol. The Labute approximate surface area is 233 Å². The summed E-state index contributed by atoms with van der Waals surface area (Å²) in [7, 11) is 1.59. The number of hydrogen-bond acceptors (Lipinski definition) is 6. The van der Waals surface area contributed by atoms with Crippen LogP contribution in [0.25, 0.3) is 15.7 Å². The zero-order chi connectivity index (χ0) is 27.7. The van der Waals surface area contributed by atoms with Gasteiger partial charge in [0.2, 0.25) is 5.69 Å². The molecule has 0 unspecified atom stereocenters. The van der Waals surface area contributed by atoms with E-state index in [0.29, 0.717) is 52.2 Å². The molecule has 1 fully saturated rings. The average Bonchev–Trinajstić information content (AvgIpc) is 3.50. The van der Waals surface area contributed by atoms with E-state index in [4.69, 9.17) is 20.8 Å². The average molecular weight is 538 g/mol. The van der Waals surface area contributed by atoms with E-state index in [-0.39, 0.29) is 6.03 Å². The van der Waals surface area contributed by atoms with Crippen molar-refractivity contribution in [1.29, 1.82) is 0 Å². The number of ether oxygens (including phenoxy) is 3. The van der Waals surface area contributed by atoms with Crippen molar-refractivity contribution in [1.82, 2.24) is 9.88 Å². The molecule has 0 saturated carbocycles. The molecular weight excluding hydrogens is 506 g/mol. The molecule has 4 aromatic rings. The van der Waals surface area contributed by atoms with Crippen LogP contribution in [0.3, 0.4) is 0 Å². The van der Waals surface area contributed by atoms with Gasteiger partial charge in [-0.2, -0.15) is 0 Å². The number of urea groups is 1. The standard InChI is InChI=1S/C31H31N5O4/c1-32-28-20-26-27(21-30(28)39-19-5-18-36-16-3-4-17-36)33-15-14-29(26)40-25-12-8-23(9-13-25)35-31(37)34-22-6-10-24(38-2)11-7-22/h6-15,20-21H,3-5,16-19H2,2H3,(H2,34,35,37). The minimum atomic E-state index is -0.361. The second-order valence-electron chi connectivity index (χ2n) is 9.44. The maximum atomic E-state index is 12.4. The first kappa shape index (κ1) is 26.8. The van der Waals surface area contributed by atoms with Crippen LogP contribution < -0.4 is 24.8 Å². The zero-order valence-corrected chi connectivity index (χ0v) is 22.4. The fourth-order valence-corrected chi connectivity index (χ4v) is 4.61. The van der Waals surface area contributed by atoms with E-state index in [9.17, 15) is 4.79 Å². The van der Waals surface area contributed by atoms with Crippen LogP contribution >= 0.6 is 0 Å². The van der Waals surface area contributed by atoms with Crippen molar-refractivity contribution in [2.75, 3.05) is 44.0 Å². The van der Waals surface area contributed by atoms with Gasteiger partial charge in [-0.25, -0.2) is 9.64 Å². The Morgan fingerprint density at radius 2 is 1.62 bits per heavy atom. The van der Waals surface area contributed by atoms with Crippen molar-refractivity contribution < 1.29 is 19.0 Å². The van der Waals surface area contributed by atoms with Gasteiger partial charge < -0.3 is 29.7 Å². The summed E-state index contributed by atoms with van der Waals surface area (Å²) in [5.41, 5.74) is 2.37. The van der Waals surface area contributed by atoms with Crippen molar-refractivity contribution in [2.45, 2.75) is 19.3 Å². The highest BCUT2D eigenvalue weighted by molar-refractivity contribution is 5.99. The molecule has 2 amide bonds. The first-order valence-corrected chi connectivity index (χ1v) is 13.3. The number of fused-ring (bicyclic) bond motifs is 1. The number of carbonyl (C=O) groups is 1. The topological polar surface area (TPSA) is 89.3 Å². The van der Waals surface area contributed by atoms with Gasteiger partial charge in [0.15, 0.2) is 0 Å². The minimum Gasteiger partial charge on any atom is -0.504 e. The summed E-state index contributed by atoms with van der Waals surface area (Å²) in [4.78, 5) is 23.0. The van der Waals surface area contributed by atoms with E-state index in [1.807, 2.05) is 0 Å². The molecule has 1 aliphatic rings. The lowest BCUT2D eigenvalue weighted by Crippen LogP contribution is -2.21. The summed E-state index contributed by atoms with van der Waals surface area (Å²) >= 11 is 0. The van der Waals surface area contributed by atoms with Crippen molar-refractivity contribution >= 4 is 34.0 Å². The third-order valence-electron chi connectivity index (χ3n) is 6.67. The van der Waals surface area contributed by atoms with E-state index >= 15 is 0 Å². The van der Waals surface area contributed by atoms with Crippen LogP contribution in [0.5, 0.6) is 23.0 Å². The van der Waals surface area contributed by atoms with Crippen LogP contribution in [-0.2, 0) is 0 Å². The van der Waals surface area contributed by atoms with Crippen LogP contribution in [0.2, 0.25) is 0 Å². The quantitative estimate of drug-likeness (QED) is 0.166. The van der Waals surface area contributed by atoms with Crippen molar-refractivity contribution in [3.63, 3.8) is 0 Å². The monoisotopic (exact) mass is 537 g/mol. The third kappa shape index (κ3) is 6.79. The highest BCUT2D eigenvalue weighted by Crippen LogP contribution is 2.37. The first-order valence-electron chi connectivity index (χ1n) is 13.3. The number of carbonyl (C=O) groups excluding carboxylic acids is 1. The van der Waals surface area contributed by atoms with Gasteiger partial charge in [0.1, 0.15) is 23.0 Å². The first-order chi connectivity index (χ1) is 19.6. The molecule has 5 rings (SSSR count). The summed E-state index contributed by atoms with van der Waals surface area (Å²) in [5, 5.41) is 6.30.